The van der Waals surface area contributed by atoms with E-state index >= 15 is 0 Å². The topological polar surface area (TPSA) is 39.9 Å². The second kappa shape index (κ2) is 6.07. The van der Waals surface area contributed by atoms with Gasteiger partial charge in [-0.25, -0.2) is 0 Å². The quantitative estimate of drug-likeness (QED) is 0.628. The molecule has 0 aliphatic heterocycles. The Morgan fingerprint density at radius 1 is 1.47 bits per heavy atom. The van der Waals surface area contributed by atoms with Crippen LogP contribution < -0.4 is 4.74 Å². The summed E-state index contributed by atoms with van der Waals surface area (Å²) in [6.07, 6.45) is 1.69. The van der Waals surface area contributed by atoms with Crippen LogP contribution in [0.2, 0.25) is 0 Å². The molecular formula is C11H12BrN3OS. The molecular weight excluding hydrogens is 302 g/mol. The van der Waals surface area contributed by atoms with E-state index in [0.717, 1.165) is 21.1 Å². The van der Waals surface area contributed by atoms with Crippen LogP contribution in [0.1, 0.15) is 0 Å². The van der Waals surface area contributed by atoms with Crippen LogP contribution in [-0.4, -0.2) is 27.1 Å². The third-order valence-electron chi connectivity index (χ3n) is 2.05. The molecule has 0 N–H and O–H groups in total. The van der Waals surface area contributed by atoms with Gasteiger partial charge in [-0.1, -0.05) is 33.8 Å². The smallest absolute Gasteiger partial charge is 0.190 e. The number of benzene rings is 1. The van der Waals surface area contributed by atoms with Crippen molar-refractivity contribution in [2.75, 3.05) is 12.4 Å². The second-order valence-electron chi connectivity index (χ2n) is 3.38. The second-order valence-corrected chi connectivity index (χ2v) is 5.36. The zero-order valence-electron chi connectivity index (χ0n) is 9.34. The largest absolute Gasteiger partial charge is 0.493 e. The standard InChI is InChI=1S/C11H12BrN3OS/c1-15-8-13-14-11(15)17-6-5-16-10-4-2-3-9(12)7-10/h2-4,7-8H,5-6H2,1H3. The zero-order chi connectivity index (χ0) is 12.1. The number of rotatable bonds is 5. The molecule has 0 fully saturated rings. The number of aryl methyl sites for hydroxylation is 1. The van der Waals surface area contributed by atoms with Gasteiger partial charge in [0.05, 0.1) is 6.61 Å². The van der Waals surface area contributed by atoms with Crippen LogP contribution in [0.4, 0.5) is 0 Å². The predicted octanol–water partition coefficient (Wildman–Crippen LogP) is 2.75. The third-order valence-corrected chi connectivity index (χ3v) is 3.54. The molecule has 1 heterocycles. The van der Waals surface area contributed by atoms with Crippen molar-refractivity contribution >= 4 is 27.7 Å². The van der Waals surface area contributed by atoms with E-state index in [-0.39, 0.29) is 0 Å². The molecule has 0 saturated carbocycles. The predicted molar refractivity (Wildman–Crippen MR) is 71.4 cm³/mol. The SMILES string of the molecule is Cn1cnnc1SCCOc1cccc(Br)c1. The number of nitrogens with zero attached hydrogens (tertiary/aromatic N) is 3. The van der Waals surface area contributed by atoms with E-state index in [1.54, 1.807) is 18.1 Å². The lowest BCUT2D eigenvalue weighted by molar-refractivity contribution is 0.343. The summed E-state index contributed by atoms with van der Waals surface area (Å²) in [5.41, 5.74) is 0. The Morgan fingerprint density at radius 2 is 2.35 bits per heavy atom. The monoisotopic (exact) mass is 313 g/mol. The van der Waals surface area contributed by atoms with Gasteiger partial charge < -0.3 is 9.30 Å². The summed E-state index contributed by atoms with van der Waals surface area (Å²) in [6.45, 7) is 0.647. The number of thioether (sulfide) groups is 1. The maximum absolute atomic E-state index is 5.62. The van der Waals surface area contributed by atoms with Crippen LogP contribution in [0.5, 0.6) is 5.75 Å². The summed E-state index contributed by atoms with van der Waals surface area (Å²) < 4.78 is 8.53. The first-order chi connectivity index (χ1) is 8.25. The molecule has 2 aromatic rings. The minimum absolute atomic E-state index is 0.647. The summed E-state index contributed by atoms with van der Waals surface area (Å²) in [5.74, 6) is 1.72. The van der Waals surface area contributed by atoms with Crippen LogP contribution in [0.3, 0.4) is 0 Å². The number of halogens is 1. The van der Waals surface area contributed by atoms with Gasteiger partial charge in [0.2, 0.25) is 0 Å². The summed E-state index contributed by atoms with van der Waals surface area (Å²) >= 11 is 5.04. The highest BCUT2D eigenvalue weighted by molar-refractivity contribution is 9.10. The molecule has 0 unspecified atom stereocenters. The Labute approximate surface area is 113 Å². The van der Waals surface area contributed by atoms with Crippen molar-refractivity contribution in [3.8, 4) is 5.75 Å². The van der Waals surface area contributed by atoms with E-state index in [2.05, 4.69) is 26.1 Å². The average Bonchev–Trinajstić information content (AvgIpc) is 2.71. The Bertz CT molecular complexity index is 489. The lowest BCUT2D eigenvalue weighted by Crippen LogP contribution is -2.01. The summed E-state index contributed by atoms with van der Waals surface area (Å²) in [7, 11) is 1.93. The van der Waals surface area contributed by atoms with E-state index in [9.17, 15) is 0 Å². The lowest BCUT2D eigenvalue weighted by atomic mass is 10.3. The maximum Gasteiger partial charge on any atom is 0.190 e. The molecule has 1 aromatic carbocycles. The van der Waals surface area contributed by atoms with Crippen molar-refractivity contribution in [3.05, 3.63) is 35.1 Å². The fourth-order valence-electron chi connectivity index (χ4n) is 1.25. The molecule has 0 spiro atoms. The first kappa shape index (κ1) is 12.4. The molecule has 6 heteroatoms. The minimum atomic E-state index is 0.647. The van der Waals surface area contributed by atoms with Crippen LogP contribution in [-0.2, 0) is 7.05 Å². The molecule has 0 aliphatic rings. The lowest BCUT2D eigenvalue weighted by Gasteiger charge is -2.05. The summed E-state index contributed by atoms with van der Waals surface area (Å²) in [6, 6.07) is 7.82. The maximum atomic E-state index is 5.62. The number of hydrogen-bond donors (Lipinski definition) is 0. The Hall–Kier alpha value is -1.01. The number of aromatic nitrogens is 3. The molecule has 90 valence electrons. The molecule has 1 aromatic heterocycles. The molecule has 4 nitrogen and oxygen atoms in total. The first-order valence-electron chi connectivity index (χ1n) is 5.11. The molecule has 0 aliphatic carbocycles. The minimum Gasteiger partial charge on any atom is -0.493 e. The van der Waals surface area contributed by atoms with Crippen LogP contribution >= 0.6 is 27.7 Å². The van der Waals surface area contributed by atoms with Crippen molar-refractivity contribution in [1.29, 1.82) is 0 Å². The van der Waals surface area contributed by atoms with E-state index in [4.69, 9.17) is 4.74 Å². The number of ether oxygens (including phenoxy) is 1. The molecule has 17 heavy (non-hydrogen) atoms. The normalized spacial score (nSPS) is 10.5. The first-order valence-corrected chi connectivity index (χ1v) is 6.89. The van der Waals surface area contributed by atoms with Gasteiger partial charge in [0.15, 0.2) is 5.16 Å². The van der Waals surface area contributed by atoms with Gasteiger partial charge in [-0.3, -0.25) is 0 Å². The fraction of sp³-hybridized carbons (Fsp3) is 0.273. The Balaban J connectivity index is 1.75. The molecule has 2 rings (SSSR count). The zero-order valence-corrected chi connectivity index (χ0v) is 11.7. The van der Waals surface area contributed by atoms with Crippen molar-refractivity contribution in [1.82, 2.24) is 14.8 Å². The van der Waals surface area contributed by atoms with Crippen molar-refractivity contribution < 1.29 is 4.74 Å². The number of hydrogen-bond acceptors (Lipinski definition) is 4. The molecule has 0 radical (unpaired) electrons. The van der Waals surface area contributed by atoms with E-state index in [0.29, 0.717) is 6.61 Å². The van der Waals surface area contributed by atoms with Crippen LogP contribution in [0.15, 0.2) is 40.2 Å². The molecule has 0 bridgehead atoms. The molecule has 0 atom stereocenters. The molecule has 0 amide bonds. The third kappa shape index (κ3) is 3.74. The van der Waals surface area contributed by atoms with Gasteiger partial charge in [0.25, 0.3) is 0 Å². The highest BCUT2D eigenvalue weighted by atomic mass is 79.9. The van der Waals surface area contributed by atoms with Gasteiger partial charge in [-0.2, -0.15) is 0 Å². The van der Waals surface area contributed by atoms with Gasteiger partial charge in [-0.15, -0.1) is 10.2 Å². The average molecular weight is 314 g/mol. The van der Waals surface area contributed by atoms with Crippen molar-refractivity contribution in [2.45, 2.75) is 5.16 Å². The van der Waals surface area contributed by atoms with Gasteiger partial charge in [-0.05, 0) is 18.2 Å². The van der Waals surface area contributed by atoms with Gasteiger partial charge in [0.1, 0.15) is 12.1 Å². The fourth-order valence-corrected chi connectivity index (χ4v) is 2.34. The van der Waals surface area contributed by atoms with Gasteiger partial charge in [0, 0.05) is 17.3 Å². The van der Waals surface area contributed by atoms with Crippen molar-refractivity contribution in [2.24, 2.45) is 7.05 Å². The van der Waals surface area contributed by atoms with Gasteiger partial charge >= 0.3 is 0 Å². The van der Waals surface area contributed by atoms with E-state index < -0.39 is 0 Å². The van der Waals surface area contributed by atoms with Crippen LogP contribution in [0, 0.1) is 0 Å². The Morgan fingerprint density at radius 3 is 3.06 bits per heavy atom. The van der Waals surface area contributed by atoms with E-state index in [1.807, 2.05) is 35.9 Å². The van der Waals surface area contributed by atoms with Crippen molar-refractivity contribution in [3.63, 3.8) is 0 Å². The highest BCUT2D eigenvalue weighted by Crippen LogP contribution is 2.18. The highest BCUT2D eigenvalue weighted by Gasteiger charge is 2.01. The van der Waals surface area contributed by atoms with Crippen LogP contribution in [0.25, 0.3) is 0 Å². The van der Waals surface area contributed by atoms with E-state index in [1.165, 1.54) is 0 Å². The summed E-state index contributed by atoms with van der Waals surface area (Å²) in [4.78, 5) is 0. The Kier molecular flexibility index (Phi) is 4.44. The molecule has 0 saturated heterocycles. The summed E-state index contributed by atoms with van der Waals surface area (Å²) in [5, 5.41) is 8.71.